The number of aromatic nitrogens is 1. The number of amides is 1. The number of rotatable bonds is 2. The molecule has 1 atom stereocenters. The molecule has 1 N–H and O–H groups in total. The quantitative estimate of drug-likeness (QED) is 0.846. The number of hydrogen-bond acceptors (Lipinski definition) is 4. The highest BCUT2D eigenvalue weighted by Gasteiger charge is 2.26. The van der Waals surface area contributed by atoms with Gasteiger partial charge < -0.3 is 10.0 Å². The molecule has 1 aromatic rings. The standard InChI is InChI=1S/C15H21N3O2/c1-11-2-3-12-8-18(7-5-14(12)16-11)15(20)10-17-6-4-13(19)9-17/h2-3,13,19H,4-10H2,1H3/t13-/m0/s1. The topological polar surface area (TPSA) is 56.7 Å². The van der Waals surface area contributed by atoms with Gasteiger partial charge in [0.25, 0.3) is 0 Å². The smallest absolute Gasteiger partial charge is 0.237 e. The fraction of sp³-hybridized carbons (Fsp3) is 0.600. The minimum Gasteiger partial charge on any atom is -0.392 e. The van der Waals surface area contributed by atoms with E-state index in [1.54, 1.807) is 0 Å². The van der Waals surface area contributed by atoms with Crippen LogP contribution in [-0.2, 0) is 17.8 Å². The third-order valence-electron chi connectivity index (χ3n) is 4.15. The molecule has 5 nitrogen and oxygen atoms in total. The van der Waals surface area contributed by atoms with Gasteiger partial charge in [-0.15, -0.1) is 0 Å². The number of carbonyl (C=O) groups is 1. The number of β-amino-alcohol motifs (C(OH)–C–C–N with tert-alkyl or cyclic N) is 1. The predicted octanol–water partition coefficient (Wildman–Crippen LogP) is 0.341. The molecule has 3 rings (SSSR count). The van der Waals surface area contributed by atoms with E-state index in [9.17, 15) is 9.90 Å². The lowest BCUT2D eigenvalue weighted by Crippen LogP contribution is -2.42. The highest BCUT2D eigenvalue weighted by Crippen LogP contribution is 2.18. The molecule has 0 aliphatic carbocycles. The Hall–Kier alpha value is -1.46. The van der Waals surface area contributed by atoms with Gasteiger partial charge in [-0.3, -0.25) is 14.7 Å². The Morgan fingerprint density at radius 1 is 1.45 bits per heavy atom. The zero-order valence-electron chi connectivity index (χ0n) is 11.9. The van der Waals surface area contributed by atoms with E-state index < -0.39 is 0 Å². The van der Waals surface area contributed by atoms with Gasteiger partial charge in [0.05, 0.1) is 12.6 Å². The molecule has 0 spiro atoms. The summed E-state index contributed by atoms with van der Waals surface area (Å²) in [6.45, 7) is 5.27. The number of aliphatic hydroxyl groups is 1. The summed E-state index contributed by atoms with van der Waals surface area (Å²) >= 11 is 0. The summed E-state index contributed by atoms with van der Waals surface area (Å²) in [5, 5.41) is 9.50. The van der Waals surface area contributed by atoms with Gasteiger partial charge >= 0.3 is 0 Å². The van der Waals surface area contributed by atoms with E-state index in [-0.39, 0.29) is 12.0 Å². The van der Waals surface area contributed by atoms with Crippen molar-refractivity contribution >= 4 is 5.91 Å². The summed E-state index contributed by atoms with van der Waals surface area (Å²) in [6, 6.07) is 4.08. The molecular formula is C15H21N3O2. The number of pyridine rings is 1. The average Bonchev–Trinajstić information content (AvgIpc) is 2.83. The maximum absolute atomic E-state index is 12.3. The fourth-order valence-electron chi connectivity index (χ4n) is 2.99. The first kappa shape index (κ1) is 13.5. The van der Waals surface area contributed by atoms with Crippen LogP contribution in [0.25, 0.3) is 0 Å². The third kappa shape index (κ3) is 2.83. The second kappa shape index (κ2) is 5.50. The van der Waals surface area contributed by atoms with E-state index in [1.165, 1.54) is 0 Å². The lowest BCUT2D eigenvalue weighted by molar-refractivity contribution is -0.133. The molecule has 0 radical (unpaired) electrons. The maximum Gasteiger partial charge on any atom is 0.237 e. The lowest BCUT2D eigenvalue weighted by Gasteiger charge is -2.30. The number of likely N-dealkylation sites (tertiary alicyclic amines) is 1. The molecule has 5 heteroatoms. The number of aliphatic hydroxyl groups excluding tert-OH is 1. The minimum atomic E-state index is -0.267. The summed E-state index contributed by atoms with van der Waals surface area (Å²) in [7, 11) is 0. The summed E-state index contributed by atoms with van der Waals surface area (Å²) in [6.07, 6.45) is 1.35. The fourth-order valence-corrected chi connectivity index (χ4v) is 2.99. The Bertz CT molecular complexity index is 518. The van der Waals surface area contributed by atoms with Crippen LogP contribution < -0.4 is 0 Å². The van der Waals surface area contributed by atoms with Crippen molar-refractivity contribution < 1.29 is 9.90 Å². The van der Waals surface area contributed by atoms with Crippen LogP contribution in [0.15, 0.2) is 12.1 Å². The molecule has 108 valence electrons. The maximum atomic E-state index is 12.3. The van der Waals surface area contributed by atoms with Crippen LogP contribution in [0.2, 0.25) is 0 Å². The number of nitrogens with zero attached hydrogens (tertiary/aromatic N) is 3. The first-order valence-electron chi connectivity index (χ1n) is 7.25. The van der Waals surface area contributed by atoms with Crippen LogP contribution >= 0.6 is 0 Å². The average molecular weight is 275 g/mol. The molecule has 1 amide bonds. The van der Waals surface area contributed by atoms with Crippen molar-refractivity contribution in [2.45, 2.75) is 32.4 Å². The first-order valence-corrected chi connectivity index (χ1v) is 7.25. The molecule has 0 saturated carbocycles. The van der Waals surface area contributed by atoms with Crippen LogP contribution in [0.3, 0.4) is 0 Å². The molecule has 1 fully saturated rings. The van der Waals surface area contributed by atoms with Crippen LogP contribution in [0, 0.1) is 6.92 Å². The van der Waals surface area contributed by atoms with Crippen LogP contribution in [0.1, 0.15) is 23.4 Å². The Morgan fingerprint density at radius 2 is 2.30 bits per heavy atom. The molecule has 2 aliphatic heterocycles. The van der Waals surface area contributed by atoms with E-state index in [0.717, 1.165) is 42.9 Å². The molecule has 1 saturated heterocycles. The number of hydrogen-bond donors (Lipinski definition) is 1. The van der Waals surface area contributed by atoms with Gasteiger partial charge in [-0.05, 0) is 25.0 Å². The van der Waals surface area contributed by atoms with Crippen molar-refractivity contribution in [1.82, 2.24) is 14.8 Å². The molecule has 2 aliphatic rings. The summed E-state index contributed by atoms with van der Waals surface area (Å²) < 4.78 is 0. The highest BCUT2D eigenvalue weighted by atomic mass is 16.3. The van der Waals surface area contributed by atoms with Gasteiger partial charge in [-0.2, -0.15) is 0 Å². The zero-order valence-corrected chi connectivity index (χ0v) is 11.9. The van der Waals surface area contributed by atoms with Gasteiger partial charge in [-0.25, -0.2) is 0 Å². The number of fused-ring (bicyclic) bond motifs is 1. The largest absolute Gasteiger partial charge is 0.392 e. The van der Waals surface area contributed by atoms with Gasteiger partial charge in [0, 0.05) is 44.0 Å². The van der Waals surface area contributed by atoms with E-state index >= 15 is 0 Å². The SMILES string of the molecule is Cc1ccc2c(n1)CCN(C(=O)CN1CC[C@H](O)C1)C2. The van der Waals surface area contributed by atoms with E-state index in [4.69, 9.17) is 0 Å². The molecule has 20 heavy (non-hydrogen) atoms. The molecule has 0 bridgehead atoms. The van der Waals surface area contributed by atoms with Gasteiger partial charge in [0.2, 0.25) is 5.91 Å². The van der Waals surface area contributed by atoms with Crippen molar-refractivity contribution in [2.75, 3.05) is 26.2 Å². The lowest BCUT2D eigenvalue weighted by atomic mass is 10.1. The molecule has 0 aromatic carbocycles. The normalized spacial score (nSPS) is 22.9. The van der Waals surface area contributed by atoms with E-state index in [2.05, 4.69) is 11.1 Å². The number of aryl methyl sites for hydroxylation is 1. The van der Waals surface area contributed by atoms with Crippen molar-refractivity contribution in [3.63, 3.8) is 0 Å². The highest BCUT2D eigenvalue weighted by molar-refractivity contribution is 5.78. The molecular weight excluding hydrogens is 254 g/mol. The Balaban J connectivity index is 1.61. The molecule has 3 heterocycles. The predicted molar refractivity (Wildman–Crippen MR) is 75.2 cm³/mol. The summed E-state index contributed by atoms with van der Waals surface area (Å²) in [5.41, 5.74) is 3.33. The van der Waals surface area contributed by atoms with Crippen molar-refractivity contribution in [1.29, 1.82) is 0 Å². The Labute approximate surface area is 119 Å². The molecule has 0 unspecified atom stereocenters. The second-order valence-electron chi connectivity index (χ2n) is 5.80. The van der Waals surface area contributed by atoms with Crippen LogP contribution in [0.4, 0.5) is 0 Å². The van der Waals surface area contributed by atoms with E-state index in [0.29, 0.717) is 19.6 Å². The Kier molecular flexibility index (Phi) is 3.72. The van der Waals surface area contributed by atoms with Crippen molar-refractivity contribution in [3.05, 3.63) is 29.1 Å². The monoisotopic (exact) mass is 275 g/mol. The molecule has 1 aromatic heterocycles. The van der Waals surface area contributed by atoms with Crippen molar-refractivity contribution in [3.8, 4) is 0 Å². The van der Waals surface area contributed by atoms with Crippen molar-refractivity contribution in [2.24, 2.45) is 0 Å². The van der Waals surface area contributed by atoms with Gasteiger partial charge in [0.15, 0.2) is 0 Å². The van der Waals surface area contributed by atoms with E-state index in [1.807, 2.05) is 22.8 Å². The summed E-state index contributed by atoms with van der Waals surface area (Å²) in [4.78, 5) is 20.8. The summed E-state index contributed by atoms with van der Waals surface area (Å²) in [5.74, 6) is 0.158. The minimum absolute atomic E-state index is 0.158. The first-order chi connectivity index (χ1) is 9.61. The number of carbonyl (C=O) groups excluding carboxylic acids is 1. The van der Waals surface area contributed by atoms with Crippen LogP contribution in [0.5, 0.6) is 0 Å². The van der Waals surface area contributed by atoms with Gasteiger partial charge in [0.1, 0.15) is 0 Å². The second-order valence-corrected chi connectivity index (χ2v) is 5.80. The van der Waals surface area contributed by atoms with Crippen LogP contribution in [-0.4, -0.2) is 58.1 Å². The van der Waals surface area contributed by atoms with Gasteiger partial charge in [-0.1, -0.05) is 6.07 Å². The third-order valence-corrected chi connectivity index (χ3v) is 4.15. The zero-order chi connectivity index (χ0) is 14.1. The Morgan fingerprint density at radius 3 is 3.05 bits per heavy atom.